The van der Waals surface area contributed by atoms with Crippen molar-refractivity contribution in [2.45, 2.75) is 0 Å². The van der Waals surface area contributed by atoms with Gasteiger partial charge in [-0.2, -0.15) is 0 Å². The van der Waals surface area contributed by atoms with Gasteiger partial charge < -0.3 is 4.74 Å². The molecule has 0 aliphatic carbocycles. The van der Waals surface area contributed by atoms with Crippen molar-refractivity contribution in [3.8, 4) is 0 Å². The molecule has 2 saturated heterocycles. The summed E-state index contributed by atoms with van der Waals surface area (Å²) in [4.78, 5) is 4.77. The van der Waals surface area contributed by atoms with Gasteiger partial charge in [-0.15, -0.1) is 0 Å². The summed E-state index contributed by atoms with van der Waals surface area (Å²) in [5.74, 6) is 0. The van der Waals surface area contributed by atoms with Crippen molar-refractivity contribution in [3.05, 3.63) is 0 Å². The molecule has 11 heavy (non-hydrogen) atoms. The molecule has 0 spiro atoms. The molecule has 0 atom stereocenters. The lowest BCUT2D eigenvalue weighted by atomic mass is 10.6. The molecule has 0 N–H and O–H groups in total. The van der Waals surface area contributed by atoms with Crippen LogP contribution < -0.4 is 0 Å². The number of hydrogen-bond donors (Lipinski definition) is 0. The summed E-state index contributed by atoms with van der Waals surface area (Å²) >= 11 is 0. The quantitative estimate of drug-likeness (QED) is 0.385. The van der Waals surface area contributed by atoms with Crippen LogP contribution in [0.5, 0.6) is 0 Å². The van der Waals surface area contributed by atoms with E-state index < -0.39 is 0 Å². The molecular weight excluding hydrogens is 140 g/mol. The van der Waals surface area contributed by atoms with Crippen LogP contribution in [-0.4, -0.2) is 62.3 Å². The third-order valence-electron chi connectivity index (χ3n) is 2.18. The van der Waals surface area contributed by atoms with E-state index in [0.29, 0.717) is 0 Å². The molecule has 0 aromatic carbocycles. The maximum Gasteiger partial charge on any atom is 0.0594 e. The van der Waals surface area contributed by atoms with E-state index in [1.807, 2.05) is 0 Å². The highest BCUT2D eigenvalue weighted by atomic mass is 16.5. The van der Waals surface area contributed by atoms with Gasteiger partial charge >= 0.3 is 0 Å². The first-order valence-electron chi connectivity index (χ1n) is 4.47. The SMILES string of the molecule is C(CN1CC1)OCCN1CC1. The normalized spacial score (nSPS) is 24.0. The topological polar surface area (TPSA) is 15.2 Å². The summed E-state index contributed by atoms with van der Waals surface area (Å²) in [7, 11) is 0. The number of hydrogen-bond acceptors (Lipinski definition) is 3. The van der Waals surface area contributed by atoms with Crippen molar-refractivity contribution in [2.75, 3.05) is 52.5 Å². The lowest BCUT2D eigenvalue weighted by Gasteiger charge is -2.03. The van der Waals surface area contributed by atoms with Gasteiger partial charge in [0.25, 0.3) is 0 Å². The van der Waals surface area contributed by atoms with Crippen LogP contribution >= 0.6 is 0 Å². The third kappa shape index (κ3) is 3.18. The van der Waals surface area contributed by atoms with Crippen molar-refractivity contribution in [1.82, 2.24) is 9.80 Å². The van der Waals surface area contributed by atoms with E-state index in [2.05, 4.69) is 9.80 Å². The molecule has 2 fully saturated rings. The van der Waals surface area contributed by atoms with E-state index in [-0.39, 0.29) is 0 Å². The Kier molecular flexibility index (Phi) is 2.41. The average Bonchev–Trinajstić information content (AvgIpc) is 2.83. The lowest BCUT2D eigenvalue weighted by Crippen LogP contribution is -2.13. The fraction of sp³-hybridized carbons (Fsp3) is 1.00. The Hall–Kier alpha value is -0.120. The molecule has 2 heterocycles. The fourth-order valence-corrected chi connectivity index (χ4v) is 1.08. The Balaban J connectivity index is 1.35. The maximum absolute atomic E-state index is 5.45. The zero-order chi connectivity index (χ0) is 7.52. The smallest absolute Gasteiger partial charge is 0.0594 e. The predicted octanol–water partition coefficient (Wildman–Crippen LogP) is -0.366. The van der Waals surface area contributed by atoms with Gasteiger partial charge in [0.1, 0.15) is 0 Å². The first-order valence-corrected chi connectivity index (χ1v) is 4.47. The second-order valence-corrected chi connectivity index (χ2v) is 3.30. The van der Waals surface area contributed by atoms with Gasteiger partial charge in [-0.05, 0) is 0 Å². The average molecular weight is 156 g/mol. The monoisotopic (exact) mass is 156 g/mol. The zero-order valence-electron chi connectivity index (χ0n) is 6.96. The fourth-order valence-electron chi connectivity index (χ4n) is 1.08. The van der Waals surface area contributed by atoms with E-state index in [9.17, 15) is 0 Å². The molecule has 0 amide bonds. The second kappa shape index (κ2) is 3.52. The van der Waals surface area contributed by atoms with Crippen LogP contribution in [0.15, 0.2) is 0 Å². The molecule has 3 heteroatoms. The van der Waals surface area contributed by atoms with Crippen LogP contribution in [0.4, 0.5) is 0 Å². The van der Waals surface area contributed by atoms with Gasteiger partial charge in [0.15, 0.2) is 0 Å². The predicted molar refractivity (Wildman–Crippen MR) is 43.7 cm³/mol. The summed E-state index contributed by atoms with van der Waals surface area (Å²) in [6.07, 6.45) is 0. The molecule has 0 bridgehead atoms. The minimum absolute atomic E-state index is 0.924. The van der Waals surface area contributed by atoms with Crippen molar-refractivity contribution in [1.29, 1.82) is 0 Å². The Morgan fingerprint density at radius 1 is 0.818 bits per heavy atom. The Morgan fingerprint density at radius 2 is 1.27 bits per heavy atom. The Bertz CT molecular complexity index is 107. The van der Waals surface area contributed by atoms with Crippen LogP contribution in [0.2, 0.25) is 0 Å². The molecule has 0 radical (unpaired) electrons. The van der Waals surface area contributed by atoms with Crippen LogP contribution in [-0.2, 0) is 4.74 Å². The van der Waals surface area contributed by atoms with Gasteiger partial charge in [0.2, 0.25) is 0 Å². The van der Waals surface area contributed by atoms with E-state index in [0.717, 1.165) is 26.3 Å². The summed E-state index contributed by atoms with van der Waals surface area (Å²) in [6, 6.07) is 0. The highest BCUT2D eigenvalue weighted by Crippen LogP contribution is 2.03. The molecule has 0 saturated carbocycles. The first kappa shape index (κ1) is 7.53. The molecule has 64 valence electrons. The highest BCUT2D eigenvalue weighted by molar-refractivity contribution is 4.72. The molecular formula is C8H16N2O. The van der Waals surface area contributed by atoms with Gasteiger partial charge in [-0.1, -0.05) is 0 Å². The standard InChI is InChI=1S/C8H16N2O/c1-2-9(1)5-7-11-8-6-10-3-4-10/h1-8H2. The summed E-state index contributed by atoms with van der Waals surface area (Å²) in [5, 5.41) is 0. The summed E-state index contributed by atoms with van der Waals surface area (Å²) in [6.45, 7) is 9.28. The number of ether oxygens (including phenoxy) is 1. The maximum atomic E-state index is 5.45. The van der Waals surface area contributed by atoms with Crippen LogP contribution in [0.1, 0.15) is 0 Å². The molecule has 2 aliphatic heterocycles. The molecule has 2 rings (SSSR count). The highest BCUT2D eigenvalue weighted by Gasteiger charge is 2.17. The number of nitrogens with zero attached hydrogens (tertiary/aromatic N) is 2. The zero-order valence-corrected chi connectivity index (χ0v) is 6.96. The van der Waals surface area contributed by atoms with E-state index in [1.165, 1.54) is 26.2 Å². The van der Waals surface area contributed by atoms with Crippen molar-refractivity contribution in [3.63, 3.8) is 0 Å². The lowest BCUT2D eigenvalue weighted by molar-refractivity contribution is 0.120. The third-order valence-corrected chi connectivity index (χ3v) is 2.18. The molecule has 2 aliphatic rings. The second-order valence-electron chi connectivity index (χ2n) is 3.30. The Labute approximate surface area is 67.9 Å². The van der Waals surface area contributed by atoms with E-state index >= 15 is 0 Å². The van der Waals surface area contributed by atoms with Gasteiger partial charge in [-0.3, -0.25) is 9.80 Å². The largest absolute Gasteiger partial charge is 0.379 e. The summed E-state index contributed by atoms with van der Waals surface area (Å²) in [5.41, 5.74) is 0. The van der Waals surface area contributed by atoms with Gasteiger partial charge in [0.05, 0.1) is 13.2 Å². The minimum atomic E-state index is 0.924. The van der Waals surface area contributed by atoms with Crippen molar-refractivity contribution < 1.29 is 4.74 Å². The Morgan fingerprint density at radius 3 is 1.64 bits per heavy atom. The molecule has 0 aromatic rings. The van der Waals surface area contributed by atoms with Gasteiger partial charge in [0, 0.05) is 39.3 Å². The van der Waals surface area contributed by atoms with Crippen LogP contribution in [0, 0.1) is 0 Å². The van der Waals surface area contributed by atoms with E-state index in [4.69, 9.17) is 4.74 Å². The van der Waals surface area contributed by atoms with Crippen LogP contribution in [0.25, 0.3) is 0 Å². The van der Waals surface area contributed by atoms with E-state index in [1.54, 1.807) is 0 Å². The van der Waals surface area contributed by atoms with Crippen molar-refractivity contribution in [2.24, 2.45) is 0 Å². The van der Waals surface area contributed by atoms with Crippen LogP contribution in [0.3, 0.4) is 0 Å². The van der Waals surface area contributed by atoms with Gasteiger partial charge in [-0.25, -0.2) is 0 Å². The number of rotatable bonds is 6. The van der Waals surface area contributed by atoms with Crippen molar-refractivity contribution >= 4 is 0 Å². The first-order chi connectivity index (χ1) is 5.45. The summed E-state index contributed by atoms with van der Waals surface area (Å²) < 4.78 is 5.45. The minimum Gasteiger partial charge on any atom is -0.379 e. The molecule has 0 unspecified atom stereocenters. The molecule has 0 aromatic heterocycles. The molecule has 3 nitrogen and oxygen atoms in total.